The van der Waals surface area contributed by atoms with Gasteiger partial charge in [-0.1, -0.05) is 12.1 Å². The number of phenols is 1. The normalized spacial score (nSPS) is 16.1. The fourth-order valence-corrected chi connectivity index (χ4v) is 4.15. The van der Waals surface area contributed by atoms with Crippen molar-refractivity contribution < 1.29 is 14.6 Å². The van der Waals surface area contributed by atoms with Gasteiger partial charge in [-0.2, -0.15) is 0 Å². The Labute approximate surface area is 169 Å². The van der Waals surface area contributed by atoms with Crippen molar-refractivity contribution in [1.29, 1.82) is 0 Å². The Morgan fingerprint density at radius 3 is 2.36 bits per heavy atom. The van der Waals surface area contributed by atoms with Crippen LogP contribution in [0.4, 0.5) is 0 Å². The monoisotopic (exact) mass is 383 g/mol. The number of benzene rings is 2. The molecule has 1 aliphatic carbocycles. The summed E-state index contributed by atoms with van der Waals surface area (Å²) in [4.78, 5) is 2.41. The van der Waals surface area contributed by atoms with Crippen LogP contribution >= 0.6 is 0 Å². The Kier molecular flexibility index (Phi) is 7.21. The van der Waals surface area contributed by atoms with E-state index < -0.39 is 0 Å². The van der Waals surface area contributed by atoms with E-state index in [2.05, 4.69) is 24.1 Å². The quantitative estimate of drug-likeness (QED) is 0.694. The van der Waals surface area contributed by atoms with Crippen LogP contribution in [0.3, 0.4) is 0 Å². The Morgan fingerprint density at radius 1 is 1.00 bits per heavy atom. The first-order valence-electron chi connectivity index (χ1n) is 10.3. The lowest BCUT2D eigenvalue weighted by Gasteiger charge is -2.26. The lowest BCUT2D eigenvalue weighted by Crippen LogP contribution is -2.23. The van der Waals surface area contributed by atoms with Crippen molar-refractivity contribution in [1.82, 2.24) is 4.90 Å². The third-order valence-corrected chi connectivity index (χ3v) is 5.91. The molecular weight excluding hydrogens is 350 g/mol. The first-order valence-corrected chi connectivity index (χ1v) is 10.3. The third-order valence-electron chi connectivity index (χ3n) is 5.91. The summed E-state index contributed by atoms with van der Waals surface area (Å²) in [5, 5.41) is 9.37. The van der Waals surface area contributed by atoms with Gasteiger partial charge in [-0.05, 0) is 99.0 Å². The van der Waals surface area contributed by atoms with E-state index in [1.165, 1.54) is 36.0 Å². The number of rotatable bonds is 9. The predicted molar refractivity (Wildman–Crippen MR) is 114 cm³/mol. The molecule has 0 saturated carbocycles. The average Bonchev–Trinajstić information content (AvgIpc) is 2.72. The van der Waals surface area contributed by atoms with Gasteiger partial charge in [-0.25, -0.2) is 0 Å². The number of fused-ring (bicyclic) bond motifs is 1. The minimum absolute atomic E-state index is 0.335. The van der Waals surface area contributed by atoms with Crippen LogP contribution < -0.4 is 9.47 Å². The second-order valence-electron chi connectivity index (χ2n) is 7.95. The smallest absolute Gasteiger partial charge is 0.161 e. The van der Waals surface area contributed by atoms with Crippen molar-refractivity contribution in [2.24, 2.45) is 5.92 Å². The molecule has 28 heavy (non-hydrogen) atoms. The summed E-state index contributed by atoms with van der Waals surface area (Å²) >= 11 is 0. The van der Waals surface area contributed by atoms with Crippen molar-refractivity contribution in [3.8, 4) is 17.2 Å². The summed E-state index contributed by atoms with van der Waals surface area (Å²) in [6.07, 6.45) is 7.08. The Hall–Kier alpha value is -2.20. The van der Waals surface area contributed by atoms with Crippen molar-refractivity contribution in [3.63, 3.8) is 0 Å². The highest BCUT2D eigenvalue weighted by molar-refractivity contribution is 5.48. The van der Waals surface area contributed by atoms with Gasteiger partial charge < -0.3 is 19.5 Å². The molecule has 152 valence electrons. The van der Waals surface area contributed by atoms with Crippen LogP contribution in [0.1, 0.15) is 36.0 Å². The van der Waals surface area contributed by atoms with Crippen molar-refractivity contribution in [2.75, 3.05) is 34.4 Å². The molecular formula is C24H33NO3. The van der Waals surface area contributed by atoms with Gasteiger partial charge in [-0.3, -0.25) is 0 Å². The molecule has 4 heteroatoms. The van der Waals surface area contributed by atoms with E-state index in [9.17, 15) is 5.11 Å². The van der Waals surface area contributed by atoms with Gasteiger partial charge >= 0.3 is 0 Å². The average molecular weight is 384 g/mol. The zero-order valence-electron chi connectivity index (χ0n) is 17.4. The van der Waals surface area contributed by atoms with Crippen LogP contribution in [-0.2, 0) is 19.3 Å². The molecule has 2 aromatic rings. The number of nitrogens with zero attached hydrogens (tertiary/aromatic N) is 1. The fraction of sp³-hybridized carbons (Fsp3) is 0.500. The lowest BCUT2D eigenvalue weighted by atomic mass is 9.81. The zero-order chi connectivity index (χ0) is 19.9. The third kappa shape index (κ3) is 5.41. The highest BCUT2D eigenvalue weighted by Gasteiger charge is 2.21. The van der Waals surface area contributed by atoms with Crippen molar-refractivity contribution >= 4 is 0 Å². The molecule has 0 radical (unpaired) electrons. The van der Waals surface area contributed by atoms with E-state index in [1.807, 2.05) is 12.1 Å². The molecule has 3 rings (SSSR count). The largest absolute Gasteiger partial charge is 0.508 e. The van der Waals surface area contributed by atoms with E-state index in [1.54, 1.807) is 26.4 Å². The molecule has 4 nitrogen and oxygen atoms in total. The Morgan fingerprint density at radius 2 is 1.68 bits per heavy atom. The van der Waals surface area contributed by atoms with Crippen LogP contribution in [-0.4, -0.2) is 44.4 Å². The SMILES string of the molecule is COc1cc2c(cc1OC)CC(CCCN(C)CCc1ccc(O)cc1)CC2. The molecule has 0 aliphatic heterocycles. The first-order chi connectivity index (χ1) is 13.6. The summed E-state index contributed by atoms with van der Waals surface area (Å²) < 4.78 is 10.9. The van der Waals surface area contributed by atoms with Gasteiger partial charge in [-0.15, -0.1) is 0 Å². The molecule has 0 heterocycles. The van der Waals surface area contributed by atoms with Crippen LogP contribution in [0, 0.1) is 5.92 Å². The maximum atomic E-state index is 9.37. The van der Waals surface area contributed by atoms with Crippen LogP contribution in [0.15, 0.2) is 36.4 Å². The van der Waals surface area contributed by atoms with Gasteiger partial charge in [0.2, 0.25) is 0 Å². The molecule has 0 bridgehead atoms. The minimum atomic E-state index is 0.335. The summed E-state index contributed by atoms with van der Waals surface area (Å²) in [6.45, 7) is 2.18. The summed E-state index contributed by atoms with van der Waals surface area (Å²) in [5.74, 6) is 2.78. The van der Waals surface area contributed by atoms with Gasteiger partial charge in [0.15, 0.2) is 11.5 Å². The van der Waals surface area contributed by atoms with Crippen molar-refractivity contribution in [3.05, 3.63) is 53.1 Å². The number of likely N-dealkylation sites (N-methyl/N-ethyl adjacent to an activating group) is 1. The second-order valence-corrected chi connectivity index (χ2v) is 7.95. The van der Waals surface area contributed by atoms with Gasteiger partial charge in [0.25, 0.3) is 0 Å². The number of ether oxygens (including phenoxy) is 2. The minimum Gasteiger partial charge on any atom is -0.508 e. The molecule has 1 atom stereocenters. The Bertz CT molecular complexity index is 757. The number of phenolic OH excluding ortho intramolecular Hbond substituents is 1. The highest BCUT2D eigenvalue weighted by Crippen LogP contribution is 2.36. The van der Waals surface area contributed by atoms with E-state index in [4.69, 9.17) is 9.47 Å². The fourth-order valence-electron chi connectivity index (χ4n) is 4.15. The first kappa shape index (κ1) is 20.5. The van der Waals surface area contributed by atoms with Crippen molar-refractivity contribution in [2.45, 2.75) is 38.5 Å². The second kappa shape index (κ2) is 9.83. The maximum Gasteiger partial charge on any atom is 0.161 e. The highest BCUT2D eigenvalue weighted by atomic mass is 16.5. The van der Waals surface area contributed by atoms with E-state index in [-0.39, 0.29) is 0 Å². The molecule has 1 N–H and O–H groups in total. The standard InChI is InChI=1S/C24H33NO3/c1-25(14-12-18-7-10-22(26)11-8-18)13-4-5-19-6-9-20-16-23(27-2)24(28-3)17-21(20)15-19/h7-8,10-11,16-17,19,26H,4-6,9,12-15H2,1-3H3. The number of hydrogen-bond acceptors (Lipinski definition) is 4. The van der Waals surface area contributed by atoms with Gasteiger partial charge in [0, 0.05) is 6.54 Å². The van der Waals surface area contributed by atoms with Gasteiger partial charge in [0.05, 0.1) is 14.2 Å². The maximum absolute atomic E-state index is 9.37. The van der Waals surface area contributed by atoms with E-state index in [0.29, 0.717) is 5.75 Å². The molecule has 1 aliphatic rings. The summed E-state index contributed by atoms with van der Waals surface area (Å²) in [6, 6.07) is 11.9. The predicted octanol–water partition coefficient (Wildman–Crippen LogP) is 4.47. The van der Waals surface area contributed by atoms with Crippen LogP contribution in [0.25, 0.3) is 0 Å². The molecule has 1 unspecified atom stereocenters. The molecule has 2 aromatic carbocycles. The number of hydrogen-bond donors (Lipinski definition) is 1. The lowest BCUT2D eigenvalue weighted by molar-refractivity contribution is 0.307. The summed E-state index contributed by atoms with van der Waals surface area (Å²) in [5.41, 5.74) is 4.12. The molecule has 0 fully saturated rings. The van der Waals surface area contributed by atoms with E-state index in [0.717, 1.165) is 49.8 Å². The number of methoxy groups -OCH3 is 2. The van der Waals surface area contributed by atoms with Crippen LogP contribution in [0.5, 0.6) is 17.2 Å². The number of aryl methyl sites for hydroxylation is 1. The topological polar surface area (TPSA) is 41.9 Å². The molecule has 0 aromatic heterocycles. The number of aromatic hydroxyl groups is 1. The van der Waals surface area contributed by atoms with E-state index >= 15 is 0 Å². The molecule has 0 spiro atoms. The molecule has 0 saturated heterocycles. The Balaban J connectivity index is 1.42. The zero-order valence-corrected chi connectivity index (χ0v) is 17.4. The van der Waals surface area contributed by atoms with Gasteiger partial charge in [0.1, 0.15) is 5.75 Å². The summed E-state index contributed by atoms with van der Waals surface area (Å²) in [7, 11) is 5.61. The molecule has 0 amide bonds. The van der Waals surface area contributed by atoms with Crippen LogP contribution in [0.2, 0.25) is 0 Å².